The summed E-state index contributed by atoms with van der Waals surface area (Å²) >= 11 is 4.95. The average Bonchev–Trinajstić information content (AvgIpc) is 2.66. The van der Waals surface area contributed by atoms with Crippen LogP contribution in [-0.4, -0.2) is 16.9 Å². The number of hydrogen-bond donors (Lipinski definition) is 2. The molecule has 0 unspecified atom stereocenters. The van der Waals surface area contributed by atoms with E-state index in [2.05, 4.69) is 5.32 Å². The molecule has 3 N–H and O–H groups in total. The lowest BCUT2D eigenvalue weighted by Crippen LogP contribution is -2.53. The van der Waals surface area contributed by atoms with Crippen molar-refractivity contribution in [3.63, 3.8) is 0 Å². The predicted octanol–water partition coefficient (Wildman–Crippen LogP) is 0.721. The van der Waals surface area contributed by atoms with Crippen molar-refractivity contribution in [2.45, 2.75) is 38.1 Å². The van der Waals surface area contributed by atoms with Crippen molar-refractivity contribution in [3.8, 4) is 0 Å². The zero-order valence-electron chi connectivity index (χ0n) is 7.51. The number of carbonyl (C=O) groups is 1. The second-order valence-corrected chi connectivity index (χ2v) is 4.49. The third-order valence-corrected chi connectivity index (χ3v) is 3.42. The maximum absolute atomic E-state index is 11.8. The van der Waals surface area contributed by atoms with Crippen LogP contribution in [0.5, 0.6) is 0 Å². The Morgan fingerprint density at radius 2 is 2.08 bits per heavy atom. The summed E-state index contributed by atoms with van der Waals surface area (Å²) in [5.74, 6) is 0.0637. The Hall–Kier alpha value is -0.640. The Morgan fingerprint density at radius 1 is 1.46 bits per heavy atom. The maximum atomic E-state index is 11.8. The highest BCUT2D eigenvalue weighted by Crippen LogP contribution is 2.42. The van der Waals surface area contributed by atoms with Crippen LogP contribution < -0.4 is 11.1 Å². The number of amides is 1. The van der Waals surface area contributed by atoms with E-state index in [0.29, 0.717) is 11.0 Å². The van der Waals surface area contributed by atoms with Crippen LogP contribution in [0.2, 0.25) is 0 Å². The quantitative estimate of drug-likeness (QED) is 0.657. The Labute approximate surface area is 83.1 Å². The summed E-state index contributed by atoms with van der Waals surface area (Å²) in [6.45, 7) is 0. The second kappa shape index (κ2) is 2.94. The molecule has 0 heterocycles. The van der Waals surface area contributed by atoms with Crippen LogP contribution >= 0.6 is 12.2 Å². The zero-order chi connectivity index (χ0) is 9.47. The molecule has 3 nitrogen and oxygen atoms in total. The smallest absolute Gasteiger partial charge is 0.233 e. The third kappa shape index (κ3) is 1.43. The summed E-state index contributed by atoms with van der Waals surface area (Å²) in [6, 6.07) is 0.402. The van der Waals surface area contributed by atoms with Crippen LogP contribution in [0, 0.1) is 5.41 Å². The second-order valence-electron chi connectivity index (χ2n) is 4.05. The van der Waals surface area contributed by atoms with Crippen molar-refractivity contribution in [3.05, 3.63) is 0 Å². The molecular formula is C9H14N2OS. The molecule has 0 aliphatic heterocycles. The molecule has 0 aromatic carbocycles. The van der Waals surface area contributed by atoms with E-state index in [1.165, 1.54) is 0 Å². The number of thiocarbonyl (C=S) groups is 1. The van der Waals surface area contributed by atoms with E-state index in [1.54, 1.807) is 0 Å². The van der Waals surface area contributed by atoms with Crippen LogP contribution in [0.1, 0.15) is 32.1 Å². The van der Waals surface area contributed by atoms with Gasteiger partial charge in [-0.05, 0) is 25.7 Å². The third-order valence-electron chi connectivity index (χ3n) is 3.03. The molecule has 0 aromatic rings. The van der Waals surface area contributed by atoms with E-state index in [0.717, 1.165) is 32.1 Å². The molecule has 0 radical (unpaired) electrons. The normalized spacial score (nSPS) is 24.6. The monoisotopic (exact) mass is 198 g/mol. The topological polar surface area (TPSA) is 55.1 Å². The van der Waals surface area contributed by atoms with Gasteiger partial charge in [0.2, 0.25) is 5.91 Å². The van der Waals surface area contributed by atoms with Gasteiger partial charge >= 0.3 is 0 Å². The predicted molar refractivity (Wildman–Crippen MR) is 54.2 cm³/mol. The Kier molecular flexibility index (Phi) is 2.02. The van der Waals surface area contributed by atoms with Gasteiger partial charge in [-0.25, -0.2) is 0 Å². The molecule has 2 aliphatic rings. The molecule has 2 fully saturated rings. The number of nitrogens with two attached hydrogens (primary N) is 1. The van der Waals surface area contributed by atoms with Crippen molar-refractivity contribution in [1.82, 2.24) is 5.32 Å². The summed E-state index contributed by atoms with van der Waals surface area (Å²) < 4.78 is 0. The van der Waals surface area contributed by atoms with E-state index >= 15 is 0 Å². The zero-order valence-corrected chi connectivity index (χ0v) is 8.32. The van der Waals surface area contributed by atoms with Gasteiger partial charge in [-0.15, -0.1) is 0 Å². The van der Waals surface area contributed by atoms with Crippen molar-refractivity contribution in [2.24, 2.45) is 11.1 Å². The average molecular weight is 198 g/mol. The maximum Gasteiger partial charge on any atom is 0.233 e. The van der Waals surface area contributed by atoms with Gasteiger partial charge < -0.3 is 11.1 Å². The number of nitrogens with one attached hydrogen (secondary N) is 1. The van der Waals surface area contributed by atoms with Gasteiger partial charge in [-0.3, -0.25) is 4.79 Å². The van der Waals surface area contributed by atoms with Crippen molar-refractivity contribution < 1.29 is 4.79 Å². The van der Waals surface area contributed by atoms with Gasteiger partial charge in [-0.2, -0.15) is 0 Å². The van der Waals surface area contributed by atoms with E-state index in [9.17, 15) is 4.79 Å². The standard InChI is InChI=1S/C9H14N2OS/c10-7(13)9(4-1-5-9)8(12)11-6-2-3-6/h6H,1-5H2,(H2,10,13)(H,11,12). The Morgan fingerprint density at radius 3 is 2.38 bits per heavy atom. The Bertz CT molecular complexity index is 256. The van der Waals surface area contributed by atoms with Crippen molar-refractivity contribution in [2.75, 3.05) is 0 Å². The van der Waals surface area contributed by atoms with Gasteiger partial charge in [0.05, 0.1) is 10.4 Å². The Balaban J connectivity index is 2.01. The van der Waals surface area contributed by atoms with Gasteiger partial charge in [-0.1, -0.05) is 18.6 Å². The number of rotatable bonds is 3. The molecule has 1 amide bonds. The summed E-state index contributed by atoms with van der Waals surface area (Å²) in [5.41, 5.74) is 5.11. The SMILES string of the molecule is NC(=S)C1(C(=O)NC2CC2)CCC1. The summed E-state index contributed by atoms with van der Waals surface area (Å²) in [7, 11) is 0. The van der Waals surface area contributed by atoms with E-state index < -0.39 is 5.41 Å². The van der Waals surface area contributed by atoms with Gasteiger partial charge in [0.25, 0.3) is 0 Å². The van der Waals surface area contributed by atoms with Crippen LogP contribution in [0.15, 0.2) is 0 Å². The fraction of sp³-hybridized carbons (Fsp3) is 0.778. The molecule has 13 heavy (non-hydrogen) atoms. The van der Waals surface area contributed by atoms with Crippen molar-refractivity contribution in [1.29, 1.82) is 0 Å². The van der Waals surface area contributed by atoms with Gasteiger partial charge in [0.15, 0.2) is 0 Å². The fourth-order valence-corrected chi connectivity index (χ4v) is 1.96. The number of hydrogen-bond acceptors (Lipinski definition) is 2. The molecule has 2 saturated carbocycles. The summed E-state index contributed by atoms with van der Waals surface area (Å²) in [4.78, 5) is 12.1. The lowest BCUT2D eigenvalue weighted by molar-refractivity contribution is -0.130. The van der Waals surface area contributed by atoms with Crippen LogP contribution in [0.4, 0.5) is 0 Å². The van der Waals surface area contributed by atoms with Crippen molar-refractivity contribution >= 4 is 23.1 Å². The molecule has 72 valence electrons. The first kappa shape index (κ1) is 8.94. The molecule has 2 rings (SSSR count). The van der Waals surface area contributed by atoms with E-state index in [4.69, 9.17) is 18.0 Å². The molecule has 0 atom stereocenters. The molecule has 0 bridgehead atoms. The minimum absolute atomic E-state index is 0.0637. The molecular weight excluding hydrogens is 184 g/mol. The van der Waals surface area contributed by atoms with Crippen LogP contribution in [0.25, 0.3) is 0 Å². The first-order valence-corrected chi connectivity index (χ1v) is 5.17. The van der Waals surface area contributed by atoms with Gasteiger partial charge in [0, 0.05) is 6.04 Å². The first-order valence-electron chi connectivity index (χ1n) is 4.76. The largest absolute Gasteiger partial charge is 0.392 e. The van der Waals surface area contributed by atoms with Crippen LogP contribution in [0.3, 0.4) is 0 Å². The lowest BCUT2D eigenvalue weighted by Gasteiger charge is -2.39. The molecule has 0 saturated heterocycles. The summed E-state index contributed by atoms with van der Waals surface area (Å²) in [6.07, 6.45) is 4.95. The van der Waals surface area contributed by atoms with Crippen LogP contribution in [-0.2, 0) is 4.79 Å². The lowest BCUT2D eigenvalue weighted by atomic mass is 9.68. The van der Waals surface area contributed by atoms with E-state index in [1.807, 2.05) is 0 Å². The highest BCUT2D eigenvalue weighted by molar-refractivity contribution is 7.80. The highest BCUT2D eigenvalue weighted by Gasteiger charge is 2.47. The van der Waals surface area contributed by atoms with Gasteiger partial charge in [0.1, 0.15) is 0 Å². The molecule has 0 aromatic heterocycles. The minimum atomic E-state index is -0.488. The number of carbonyl (C=O) groups excluding carboxylic acids is 1. The van der Waals surface area contributed by atoms with E-state index in [-0.39, 0.29) is 5.91 Å². The summed E-state index contributed by atoms with van der Waals surface area (Å²) in [5, 5.41) is 2.97. The molecule has 0 spiro atoms. The fourth-order valence-electron chi connectivity index (χ4n) is 1.67. The molecule has 2 aliphatic carbocycles. The first-order chi connectivity index (χ1) is 6.15. The molecule has 4 heteroatoms. The minimum Gasteiger partial charge on any atom is -0.392 e. The highest BCUT2D eigenvalue weighted by atomic mass is 32.1.